The predicted octanol–water partition coefficient (Wildman–Crippen LogP) is 0.968. The van der Waals surface area contributed by atoms with E-state index in [-0.39, 0.29) is 21.5 Å². The van der Waals surface area contributed by atoms with Gasteiger partial charge >= 0.3 is 5.69 Å². The Bertz CT molecular complexity index is 562. The summed E-state index contributed by atoms with van der Waals surface area (Å²) < 4.78 is 0.915. The van der Waals surface area contributed by atoms with E-state index in [1.807, 2.05) is 0 Å². The highest BCUT2D eigenvalue weighted by Gasteiger charge is 2.11. The van der Waals surface area contributed by atoms with Crippen molar-refractivity contribution in [2.45, 2.75) is 0 Å². The molecule has 2 aromatic rings. The van der Waals surface area contributed by atoms with Crippen LogP contribution in [0.25, 0.3) is 5.69 Å². The van der Waals surface area contributed by atoms with Crippen LogP contribution < -0.4 is 5.69 Å². The second-order valence-electron chi connectivity index (χ2n) is 2.67. The summed E-state index contributed by atoms with van der Waals surface area (Å²) in [6, 6.07) is 2.55. The normalized spacial score (nSPS) is 10.5. The van der Waals surface area contributed by atoms with E-state index < -0.39 is 5.69 Å². The number of aromatic amines is 1. The fourth-order valence-electron chi connectivity index (χ4n) is 1.04. The number of nitrogens with zero attached hydrogens (tertiary/aromatic N) is 3. The van der Waals surface area contributed by atoms with Crippen molar-refractivity contribution < 1.29 is 5.11 Å². The number of aromatic nitrogens is 4. The van der Waals surface area contributed by atoms with Crippen LogP contribution in [0.3, 0.4) is 0 Å². The second-order valence-corrected chi connectivity index (χ2v) is 3.49. The minimum absolute atomic E-state index is 0.0975. The fraction of sp³-hybridized carbons (Fsp3) is 0. The number of phenolic OH excluding ortho intramolecular Hbond substituents is 1. The first-order valence-electron chi connectivity index (χ1n) is 3.78. The van der Waals surface area contributed by atoms with Gasteiger partial charge in [-0.3, -0.25) is 0 Å². The minimum Gasteiger partial charge on any atom is -0.506 e. The van der Waals surface area contributed by atoms with Crippen LogP contribution in [-0.2, 0) is 0 Å². The Morgan fingerprint density at radius 1 is 1.33 bits per heavy atom. The number of rotatable bonds is 1. The van der Waals surface area contributed by atoms with Gasteiger partial charge in [0.25, 0.3) is 0 Å². The summed E-state index contributed by atoms with van der Waals surface area (Å²) in [5.41, 5.74) is -0.351. The smallest absolute Gasteiger partial charge is 0.365 e. The van der Waals surface area contributed by atoms with E-state index in [9.17, 15) is 9.90 Å². The molecule has 1 aromatic heterocycles. The van der Waals surface area contributed by atoms with Crippen molar-refractivity contribution in [1.82, 2.24) is 20.2 Å². The number of hydrogen-bond acceptors (Lipinski definition) is 4. The zero-order chi connectivity index (χ0) is 11.0. The fourth-order valence-corrected chi connectivity index (χ4v) is 1.51. The van der Waals surface area contributed by atoms with Gasteiger partial charge < -0.3 is 5.11 Å². The van der Waals surface area contributed by atoms with Crippen molar-refractivity contribution in [3.63, 3.8) is 0 Å². The van der Waals surface area contributed by atoms with Gasteiger partial charge in [0.2, 0.25) is 0 Å². The molecule has 0 aliphatic rings. The van der Waals surface area contributed by atoms with Crippen molar-refractivity contribution in [3.05, 3.63) is 32.7 Å². The zero-order valence-electron chi connectivity index (χ0n) is 7.11. The van der Waals surface area contributed by atoms with Gasteiger partial charge in [0.1, 0.15) is 5.75 Å². The summed E-state index contributed by atoms with van der Waals surface area (Å²) >= 11 is 11.4. The monoisotopic (exact) mass is 246 g/mol. The molecule has 2 N–H and O–H groups in total. The molecule has 6 nitrogen and oxygen atoms in total. The molecule has 0 saturated heterocycles. The summed E-state index contributed by atoms with van der Waals surface area (Å²) in [5.74, 6) is -0.189. The van der Waals surface area contributed by atoms with E-state index in [4.69, 9.17) is 23.2 Å². The van der Waals surface area contributed by atoms with Crippen LogP contribution in [0.2, 0.25) is 10.0 Å². The Morgan fingerprint density at radius 3 is 2.67 bits per heavy atom. The van der Waals surface area contributed by atoms with Gasteiger partial charge in [0.15, 0.2) is 0 Å². The van der Waals surface area contributed by atoms with Crippen molar-refractivity contribution >= 4 is 23.2 Å². The molecule has 15 heavy (non-hydrogen) atoms. The van der Waals surface area contributed by atoms with Crippen molar-refractivity contribution in [3.8, 4) is 11.4 Å². The molecule has 78 valence electrons. The highest BCUT2D eigenvalue weighted by atomic mass is 35.5. The minimum atomic E-state index is -0.557. The van der Waals surface area contributed by atoms with Gasteiger partial charge in [-0.15, -0.1) is 0 Å². The molecule has 0 aliphatic carbocycles. The van der Waals surface area contributed by atoms with E-state index in [2.05, 4.69) is 15.5 Å². The van der Waals surface area contributed by atoms with Crippen LogP contribution in [-0.4, -0.2) is 25.3 Å². The number of tetrazole rings is 1. The van der Waals surface area contributed by atoms with Crippen molar-refractivity contribution in [2.24, 2.45) is 0 Å². The maximum absolute atomic E-state index is 11.2. The lowest BCUT2D eigenvalue weighted by molar-refractivity contribution is 0.475. The second kappa shape index (κ2) is 3.56. The number of phenols is 1. The van der Waals surface area contributed by atoms with Gasteiger partial charge in [-0.05, 0) is 16.5 Å². The lowest BCUT2D eigenvalue weighted by Crippen LogP contribution is -2.16. The Kier molecular flexibility index (Phi) is 2.37. The Hall–Kier alpha value is -1.53. The average Bonchev–Trinajstić information content (AvgIpc) is 2.58. The van der Waals surface area contributed by atoms with Crippen LogP contribution in [0.5, 0.6) is 5.75 Å². The van der Waals surface area contributed by atoms with E-state index in [1.165, 1.54) is 12.1 Å². The average molecular weight is 247 g/mol. The Balaban J connectivity index is 2.69. The molecule has 1 heterocycles. The summed E-state index contributed by atoms with van der Waals surface area (Å²) in [6.07, 6.45) is 0. The quantitative estimate of drug-likeness (QED) is 0.786. The maximum atomic E-state index is 11.2. The third kappa shape index (κ3) is 1.69. The number of hydrogen-bond donors (Lipinski definition) is 2. The third-order valence-corrected chi connectivity index (χ3v) is 2.32. The predicted molar refractivity (Wildman–Crippen MR) is 53.7 cm³/mol. The van der Waals surface area contributed by atoms with Crippen molar-refractivity contribution in [2.75, 3.05) is 0 Å². The number of aromatic hydroxyl groups is 1. The molecular weight excluding hydrogens is 243 g/mol. The molecule has 0 aliphatic heterocycles. The van der Waals surface area contributed by atoms with Crippen LogP contribution in [0.4, 0.5) is 0 Å². The van der Waals surface area contributed by atoms with Gasteiger partial charge in [-0.25, -0.2) is 9.89 Å². The summed E-state index contributed by atoms with van der Waals surface area (Å²) in [4.78, 5) is 11.2. The molecule has 0 unspecified atom stereocenters. The standard InChI is InChI=1S/C7H4Cl2N4O2/c8-3-1-4(9)6(14)2-5(3)13-7(15)10-11-12-13/h1-2,14H,(H,10,12,15). The third-order valence-electron chi connectivity index (χ3n) is 1.72. The first-order valence-corrected chi connectivity index (χ1v) is 4.54. The number of nitrogens with one attached hydrogen (secondary N) is 1. The highest BCUT2D eigenvalue weighted by molar-refractivity contribution is 6.36. The number of halogens is 2. The highest BCUT2D eigenvalue weighted by Crippen LogP contribution is 2.31. The van der Waals surface area contributed by atoms with Crippen LogP contribution in [0.1, 0.15) is 0 Å². The summed E-state index contributed by atoms with van der Waals surface area (Å²) in [6.45, 7) is 0. The van der Waals surface area contributed by atoms with Gasteiger partial charge in [0, 0.05) is 6.07 Å². The lowest BCUT2D eigenvalue weighted by Gasteiger charge is -2.03. The number of H-pyrrole nitrogens is 1. The molecule has 0 fully saturated rings. The first kappa shape index (κ1) is 10.0. The molecule has 0 atom stereocenters. The molecule has 0 amide bonds. The molecule has 0 saturated carbocycles. The van der Waals surface area contributed by atoms with Gasteiger partial charge in [0.05, 0.1) is 15.7 Å². The molecule has 0 bridgehead atoms. The van der Waals surface area contributed by atoms with Gasteiger partial charge in [-0.2, -0.15) is 4.68 Å². The molecule has 8 heteroatoms. The summed E-state index contributed by atoms with van der Waals surface area (Å²) in [7, 11) is 0. The molecular formula is C7H4Cl2N4O2. The first-order chi connectivity index (χ1) is 7.09. The SMILES string of the molecule is O=c1[nH]nnn1-c1cc(O)c(Cl)cc1Cl. The molecule has 2 rings (SSSR count). The van der Waals surface area contributed by atoms with Crippen LogP contribution in [0.15, 0.2) is 16.9 Å². The largest absolute Gasteiger partial charge is 0.506 e. The van der Waals surface area contributed by atoms with E-state index in [0.29, 0.717) is 0 Å². The molecule has 0 radical (unpaired) electrons. The maximum Gasteiger partial charge on any atom is 0.365 e. The van der Waals surface area contributed by atoms with Gasteiger partial charge in [-0.1, -0.05) is 23.2 Å². The van der Waals surface area contributed by atoms with Crippen LogP contribution in [0, 0.1) is 0 Å². The number of benzene rings is 1. The van der Waals surface area contributed by atoms with E-state index >= 15 is 0 Å². The topological polar surface area (TPSA) is 83.8 Å². The molecule has 0 spiro atoms. The Morgan fingerprint density at radius 2 is 2.07 bits per heavy atom. The van der Waals surface area contributed by atoms with Crippen molar-refractivity contribution in [1.29, 1.82) is 0 Å². The van der Waals surface area contributed by atoms with E-state index in [1.54, 1.807) is 0 Å². The zero-order valence-corrected chi connectivity index (χ0v) is 8.62. The summed E-state index contributed by atoms with van der Waals surface area (Å²) in [5, 5.41) is 18.5. The van der Waals surface area contributed by atoms with E-state index in [0.717, 1.165) is 4.68 Å². The lowest BCUT2D eigenvalue weighted by atomic mass is 10.3. The Labute approximate surface area is 93.0 Å². The molecule has 1 aromatic carbocycles. The van der Waals surface area contributed by atoms with Crippen LogP contribution >= 0.6 is 23.2 Å².